The summed E-state index contributed by atoms with van der Waals surface area (Å²) in [6.07, 6.45) is -0.966. The monoisotopic (exact) mass is 317 g/mol. The van der Waals surface area contributed by atoms with E-state index in [-0.39, 0.29) is 17.0 Å². The van der Waals surface area contributed by atoms with Gasteiger partial charge < -0.3 is 18.8 Å². The van der Waals surface area contributed by atoms with E-state index in [2.05, 4.69) is 33.9 Å². The standard InChI is InChI=1S/C15H31NO4Si/c1-14(2,3)21(8,9)20-12(13(17)16(6)7)11-10-18-15(4,5)19-11/h11-12H,10H2,1-9H3/t11-,12+/m0/s1. The van der Waals surface area contributed by atoms with E-state index in [4.69, 9.17) is 13.9 Å². The molecule has 1 saturated heterocycles. The summed E-state index contributed by atoms with van der Waals surface area (Å²) in [5, 5.41) is 0.0345. The van der Waals surface area contributed by atoms with Crippen molar-refractivity contribution < 1.29 is 18.7 Å². The van der Waals surface area contributed by atoms with Crippen LogP contribution in [0, 0.1) is 0 Å². The second kappa shape index (κ2) is 5.99. The predicted molar refractivity (Wildman–Crippen MR) is 85.7 cm³/mol. The molecule has 21 heavy (non-hydrogen) atoms. The minimum atomic E-state index is -2.07. The normalized spacial score (nSPS) is 24.0. The smallest absolute Gasteiger partial charge is 0.252 e. The van der Waals surface area contributed by atoms with Crippen molar-refractivity contribution in [3.8, 4) is 0 Å². The first-order valence-corrected chi connectivity index (χ1v) is 10.4. The van der Waals surface area contributed by atoms with Gasteiger partial charge in [-0.1, -0.05) is 20.8 Å². The molecule has 1 aliphatic rings. The first kappa shape index (κ1) is 18.6. The Morgan fingerprint density at radius 1 is 1.33 bits per heavy atom. The van der Waals surface area contributed by atoms with Crippen molar-refractivity contribution in [2.24, 2.45) is 0 Å². The second-order valence-corrected chi connectivity index (χ2v) is 12.7. The zero-order valence-corrected chi connectivity index (χ0v) is 15.9. The third kappa shape index (κ3) is 4.52. The maximum Gasteiger partial charge on any atom is 0.252 e. The highest BCUT2D eigenvalue weighted by molar-refractivity contribution is 6.74. The fourth-order valence-corrected chi connectivity index (χ4v) is 3.14. The molecule has 0 aromatic heterocycles. The molecule has 1 heterocycles. The molecule has 0 saturated carbocycles. The Morgan fingerprint density at radius 3 is 2.19 bits per heavy atom. The molecule has 5 nitrogen and oxygen atoms in total. The minimum Gasteiger partial charge on any atom is -0.403 e. The van der Waals surface area contributed by atoms with Crippen LogP contribution in [0.15, 0.2) is 0 Å². The number of hydrogen-bond donors (Lipinski definition) is 0. The summed E-state index contributed by atoms with van der Waals surface area (Å²) >= 11 is 0. The number of likely N-dealkylation sites (N-methyl/N-ethyl adjacent to an activating group) is 1. The molecule has 0 N–H and O–H groups in total. The third-order valence-corrected chi connectivity index (χ3v) is 8.74. The van der Waals surface area contributed by atoms with Crippen LogP contribution in [0.5, 0.6) is 0 Å². The minimum absolute atomic E-state index is 0.0345. The van der Waals surface area contributed by atoms with Crippen molar-refractivity contribution in [1.82, 2.24) is 4.90 Å². The number of ether oxygens (including phenoxy) is 2. The molecule has 0 aromatic rings. The van der Waals surface area contributed by atoms with Crippen LogP contribution in [0.4, 0.5) is 0 Å². The van der Waals surface area contributed by atoms with Gasteiger partial charge in [-0.2, -0.15) is 0 Å². The maximum atomic E-state index is 12.5. The van der Waals surface area contributed by atoms with Crippen molar-refractivity contribution in [1.29, 1.82) is 0 Å². The molecule has 0 radical (unpaired) electrons. The Bertz CT molecular complexity index is 388. The molecule has 0 spiro atoms. The molecule has 1 amide bonds. The van der Waals surface area contributed by atoms with Crippen LogP contribution in [0.25, 0.3) is 0 Å². The van der Waals surface area contributed by atoms with Crippen molar-refractivity contribution in [2.45, 2.75) is 70.7 Å². The van der Waals surface area contributed by atoms with Gasteiger partial charge in [0.05, 0.1) is 6.61 Å². The third-order valence-electron chi connectivity index (χ3n) is 4.28. The Kier molecular flexibility index (Phi) is 5.31. The van der Waals surface area contributed by atoms with Crippen LogP contribution in [0.2, 0.25) is 18.1 Å². The van der Waals surface area contributed by atoms with Gasteiger partial charge in [0.15, 0.2) is 20.2 Å². The second-order valence-electron chi connectivity index (χ2n) is 7.90. The largest absolute Gasteiger partial charge is 0.403 e. The van der Waals surface area contributed by atoms with Gasteiger partial charge in [-0.25, -0.2) is 0 Å². The van der Waals surface area contributed by atoms with Gasteiger partial charge in [-0.3, -0.25) is 4.79 Å². The van der Waals surface area contributed by atoms with Crippen molar-refractivity contribution >= 4 is 14.2 Å². The van der Waals surface area contributed by atoms with Gasteiger partial charge in [-0.05, 0) is 32.0 Å². The Morgan fingerprint density at radius 2 is 1.86 bits per heavy atom. The Labute approximate surface area is 130 Å². The molecule has 2 atom stereocenters. The van der Waals surface area contributed by atoms with Crippen molar-refractivity contribution in [3.63, 3.8) is 0 Å². The van der Waals surface area contributed by atoms with Crippen LogP contribution in [-0.4, -0.2) is 57.8 Å². The van der Waals surface area contributed by atoms with Crippen molar-refractivity contribution in [3.05, 3.63) is 0 Å². The van der Waals surface area contributed by atoms with Crippen LogP contribution in [0.3, 0.4) is 0 Å². The molecule has 1 aliphatic heterocycles. The average molecular weight is 318 g/mol. The molecular weight excluding hydrogens is 286 g/mol. The van der Waals surface area contributed by atoms with E-state index in [1.54, 1.807) is 19.0 Å². The fraction of sp³-hybridized carbons (Fsp3) is 0.933. The highest BCUT2D eigenvalue weighted by atomic mass is 28.4. The van der Waals surface area contributed by atoms with Gasteiger partial charge in [0.1, 0.15) is 6.10 Å². The molecule has 6 heteroatoms. The van der Waals surface area contributed by atoms with Gasteiger partial charge in [-0.15, -0.1) is 0 Å². The summed E-state index contributed by atoms with van der Waals surface area (Å²) in [5.74, 6) is -0.724. The maximum absolute atomic E-state index is 12.5. The van der Waals surface area contributed by atoms with E-state index >= 15 is 0 Å². The summed E-state index contributed by atoms with van der Waals surface area (Å²) in [6, 6.07) is 0. The lowest BCUT2D eigenvalue weighted by molar-refractivity contribution is -0.161. The average Bonchev–Trinajstić information content (AvgIpc) is 2.63. The molecule has 0 unspecified atom stereocenters. The zero-order chi connectivity index (χ0) is 16.6. The molecule has 0 aliphatic carbocycles. The fourth-order valence-electron chi connectivity index (χ4n) is 1.90. The van der Waals surface area contributed by atoms with E-state index in [1.165, 1.54) is 0 Å². The van der Waals surface area contributed by atoms with E-state index < -0.39 is 20.2 Å². The number of carbonyl (C=O) groups excluding carboxylic acids is 1. The van der Waals surface area contributed by atoms with E-state index in [1.807, 2.05) is 13.8 Å². The van der Waals surface area contributed by atoms with E-state index in [0.717, 1.165) is 0 Å². The molecule has 124 valence electrons. The number of amides is 1. The summed E-state index contributed by atoms with van der Waals surface area (Å²) in [6.45, 7) is 14.9. The van der Waals surface area contributed by atoms with Gasteiger partial charge >= 0.3 is 0 Å². The molecule has 1 rings (SSSR count). The number of hydrogen-bond acceptors (Lipinski definition) is 4. The van der Waals surface area contributed by atoms with Crippen molar-refractivity contribution in [2.75, 3.05) is 20.7 Å². The molecule has 1 fully saturated rings. The first-order valence-electron chi connectivity index (χ1n) is 7.47. The molecule has 0 bridgehead atoms. The Balaban J connectivity index is 2.97. The quantitative estimate of drug-likeness (QED) is 0.748. The lowest BCUT2D eigenvalue weighted by Gasteiger charge is -2.40. The summed E-state index contributed by atoms with van der Waals surface area (Å²) in [4.78, 5) is 14.1. The first-order chi connectivity index (χ1) is 9.27. The Hall–Kier alpha value is -0.433. The molecule has 0 aromatic carbocycles. The number of nitrogens with zero attached hydrogens (tertiary/aromatic N) is 1. The zero-order valence-electron chi connectivity index (χ0n) is 14.9. The molecular formula is C15H31NO4Si. The van der Waals surface area contributed by atoms with Gasteiger partial charge in [0.2, 0.25) is 0 Å². The van der Waals surface area contributed by atoms with E-state index in [9.17, 15) is 4.79 Å². The van der Waals surface area contributed by atoms with E-state index in [0.29, 0.717) is 6.61 Å². The summed E-state index contributed by atoms with van der Waals surface area (Å²) < 4.78 is 17.8. The number of carbonyl (C=O) groups is 1. The summed E-state index contributed by atoms with van der Waals surface area (Å²) in [5.41, 5.74) is 0. The van der Waals surface area contributed by atoms with Gasteiger partial charge in [0, 0.05) is 14.1 Å². The van der Waals surface area contributed by atoms with Crippen LogP contribution < -0.4 is 0 Å². The van der Waals surface area contributed by atoms with Crippen LogP contribution >= 0.6 is 0 Å². The van der Waals surface area contributed by atoms with Crippen LogP contribution in [-0.2, 0) is 18.7 Å². The van der Waals surface area contributed by atoms with Gasteiger partial charge in [0.25, 0.3) is 5.91 Å². The summed E-state index contributed by atoms with van der Waals surface area (Å²) in [7, 11) is 1.41. The lowest BCUT2D eigenvalue weighted by atomic mass is 10.2. The highest BCUT2D eigenvalue weighted by Gasteiger charge is 2.47. The number of rotatable bonds is 4. The topological polar surface area (TPSA) is 48.0 Å². The highest BCUT2D eigenvalue weighted by Crippen LogP contribution is 2.39. The lowest BCUT2D eigenvalue weighted by Crippen LogP contribution is -2.53. The van der Waals surface area contributed by atoms with Crippen LogP contribution in [0.1, 0.15) is 34.6 Å². The predicted octanol–water partition coefficient (Wildman–Crippen LogP) is 2.62. The SMILES string of the molecule is CN(C)C(=O)[C@H](O[Si](C)(C)C(C)(C)C)[C@@H]1COC(C)(C)O1.